The highest BCUT2D eigenvalue weighted by Crippen LogP contribution is 2.44. The summed E-state index contributed by atoms with van der Waals surface area (Å²) in [5, 5.41) is 0.358. The van der Waals surface area contributed by atoms with E-state index in [4.69, 9.17) is 32.3 Å². The Balaban J connectivity index is 2.05. The highest BCUT2D eigenvalue weighted by atomic mass is 31.2. The number of hydrogen-bond donors (Lipinski definition) is 0. The lowest BCUT2D eigenvalue weighted by Gasteiger charge is -2.25. The van der Waals surface area contributed by atoms with Crippen molar-refractivity contribution in [2.75, 3.05) is 57.4 Å². The number of aromatic nitrogens is 1. The smallest absolute Gasteiger partial charge is 0.376 e. The number of fused-ring (bicyclic) bond motifs is 1. The van der Waals surface area contributed by atoms with Crippen LogP contribution in [0.5, 0.6) is 5.75 Å². The van der Waals surface area contributed by atoms with E-state index in [9.17, 15) is 38.1 Å². The quantitative estimate of drug-likeness (QED) is 0.0999. The van der Waals surface area contributed by atoms with Gasteiger partial charge in [0, 0.05) is 18.1 Å². The fourth-order valence-electron chi connectivity index (χ4n) is 3.69. The zero-order chi connectivity index (χ0) is 35.6. The first-order valence-electron chi connectivity index (χ1n) is 14.1. The summed E-state index contributed by atoms with van der Waals surface area (Å²) in [6.07, 6.45) is 0.540. The molecule has 2 aromatic heterocycles. The Bertz CT molecular complexity index is 1740. The van der Waals surface area contributed by atoms with Crippen molar-refractivity contribution in [1.82, 2.24) is 4.98 Å². The molecule has 1 aromatic carbocycles. The molecular formula is C30H33N2O15P. The van der Waals surface area contributed by atoms with Crippen molar-refractivity contribution >= 4 is 65.1 Å². The van der Waals surface area contributed by atoms with E-state index in [1.165, 1.54) is 52.6 Å². The molecule has 3 aromatic rings. The van der Waals surface area contributed by atoms with Gasteiger partial charge in [-0.2, -0.15) is 0 Å². The number of carbonyl (C=O) groups excluding carboxylic acids is 7. The minimum atomic E-state index is -3.52. The largest absolute Gasteiger partial charge is 0.481 e. The van der Waals surface area contributed by atoms with E-state index in [0.717, 1.165) is 11.1 Å². The Morgan fingerprint density at radius 2 is 1.33 bits per heavy atom. The molecular weight excluding hydrogens is 659 g/mol. The standard InChI is InChI=1S/C30H33N2O15P/c1-17(33)12-41-27(37)10-32(11-28(38)42-13-18(2)34)22-8-23-21(6-24(22)44-16-48(5,40)45-15-20(4)36)7-25(46-23)29-31-9-26(47-29)30(39)43-14-19(3)35/h6-9H,10-16H2,1-5H3. The zero-order valence-corrected chi connectivity index (χ0v) is 27.6. The summed E-state index contributed by atoms with van der Waals surface area (Å²) in [7, 11) is -3.52. The van der Waals surface area contributed by atoms with Crippen LogP contribution in [0, 0.1) is 0 Å². The maximum atomic E-state index is 13.0. The lowest BCUT2D eigenvalue weighted by atomic mass is 10.2. The van der Waals surface area contributed by atoms with Crippen molar-refractivity contribution in [2.45, 2.75) is 27.7 Å². The minimum absolute atomic E-state index is 0.0235. The van der Waals surface area contributed by atoms with Crippen molar-refractivity contribution < 1.29 is 70.4 Å². The Labute approximate surface area is 273 Å². The molecule has 3 rings (SSSR count). The van der Waals surface area contributed by atoms with Crippen molar-refractivity contribution in [3.05, 3.63) is 30.2 Å². The van der Waals surface area contributed by atoms with E-state index in [0.29, 0.717) is 5.39 Å². The SMILES string of the molecule is CC(=O)COC(=O)CN(CC(=O)OCC(C)=O)c1cc2oc(-c3ncc(C(=O)OCC(C)=O)o3)cc2cc1OCP(C)(=O)OCC(C)=O. The third-order valence-corrected chi connectivity index (χ3v) is 7.04. The lowest BCUT2D eigenvalue weighted by Crippen LogP contribution is -2.37. The second-order valence-corrected chi connectivity index (χ2v) is 13.2. The number of carbonyl (C=O) groups is 7. The van der Waals surface area contributed by atoms with Crippen LogP contribution in [0.25, 0.3) is 22.6 Å². The molecule has 0 fully saturated rings. The minimum Gasteiger partial charge on any atom is -0.481 e. The van der Waals surface area contributed by atoms with Crippen LogP contribution in [0.1, 0.15) is 38.2 Å². The van der Waals surface area contributed by atoms with Crippen LogP contribution in [0.2, 0.25) is 0 Å². The molecule has 0 aliphatic heterocycles. The topological polar surface area (TPSA) is 225 Å². The number of ether oxygens (including phenoxy) is 4. The number of Topliss-reactive ketones (excluding diaryl/α,β-unsaturated/α-hetero) is 4. The number of furan rings is 1. The molecule has 1 unspecified atom stereocenters. The molecule has 1 atom stereocenters. The number of benzene rings is 1. The van der Waals surface area contributed by atoms with Crippen LogP contribution in [-0.4, -0.2) is 98.6 Å². The number of anilines is 1. The molecule has 0 amide bonds. The van der Waals surface area contributed by atoms with Gasteiger partial charge in [0.2, 0.25) is 13.1 Å². The molecule has 0 spiro atoms. The highest BCUT2D eigenvalue weighted by molar-refractivity contribution is 7.58. The normalized spacial score (nSPS) is 12.1. The molecule has 258 valence electrons. The molecule has 0 aliphatic rings. The van der Waals surface area contributed by atoms with E-state index in [1.54, 1.807) is 0 Å². The molecule has 0 bridgehead atoms. The van der Waals surface area contributed by atoms with E-state index in [-0.39, 0.29) is 46.0 Å². The predicted octanol–water partition coefficient (Wildman–Crippen LogP) is 2.75. The first kappa shape index (κ1) is 37.3. The number of rotatable bonds is 19. The summed E-state index contributed by atoms with van der Waals surface area (Å²) >= 11 is 0. The summed E-state index contributed by atoms with van der Waals surface area (Å²) in [6.45, 7) is 2.98. The molecule has 0 radical (unpaired) electrons. The monoisotopic (exact) mass is 692 g/mol. The third kappa shape index (κ3) is 11.6. The first-order valence-corrected chi connectivity index (χ1v) is 16.4. The Kier molecular flexibility index (Phi) is 12.9. The fourth-order valence-corrected chi connectivity index (χ4v) is 4.59. The average Bonchev–Trinajstić information content (AvgIpc) is 3.66. The van der Waals surface area contributed by atoms with Gasteiger partial charge in [0.1, 0.15) is 50.8 Å². The number of oxazole rings is 1. The molecule has 17 nitrogen and oxygen atoms in total. The molecule has 0 saturated carbocycles. The molecule has 2 heterocycles. The summed E-state index contributed by atoms with van der Waals surface area (Å²) in [4.78, 5) is 88.0. The number of ketones is 4. The van der Waals surface area contributed by atoms with Crippen molar-refractivity contribution in [1.29, 1.82) is 0 Å². The van der Waals surface area contributed by atoms with Gasteiger partial charge in [0.05, 0.1) is 11.9 Å². The van der Waals surface area contributed by atoms with E-state index in [2.05, 4.69) is 4.98 Å². The molecule has 0 aliphatic carbocycles. The Morgan fingerprint density at radius 3 is 1.90 bits per heavy atom. The summed E-state index contributed by atoms with van der Waals surface area (Å²) in [6, 6.07) is 4.25. The second kappa shape index (κ2) is 16.6. The predicted molar refractivity (Wildman–Crippen MR) is 164 cm³/mol. The van der Waals surface area contributed by atoms with Gasteiger partial charge in [-0.25, -0.2) is 9.78 Å². The molecule has 18 heteroatoms. The van der Waals surface area contributed by atoms with Gasteiger partial charge in [-0.3, -0.25) is 33.3 Å². The Hall–Kier alpha value is -5.15. The van der Waals surface area contributed by atoms with Crippen LogP contribution in [0.15, 0.2) is 33.2 Å². The van der Waals surface area contributed by atoms with Crippen molar-refractivity contribution in [2.24, 2.45) is 0 Å². The number of hydrogen-bond acceptors (Lipinski definition) is 17. The van der Waals surface area contributed by atoms with Crippen molar-refractivity contribution in [3.8, 4) is 17.4 Å². The third-order valence-electron chi connectivity index (χ3n) is 5.77. The summed E-state index contributed by atoms with van der Waals surface area (Å²) in [5.74, 6) is -4.84. The number of nitrogens with zero attached hydrogens (tertiary/aromatic N) is 2. The van der Waals surface area contributed by atoms with Gasteiger partial charge in [-0.15, -0.1) is 0 Å². The van der Waals surface area contributed by atoms with Gasteiger partial charge in [0.25, 0.3) is 5.89 Å². The van der Waals surface area contributed by atoms with Crippen LogP contribution in [0.3, 0.4) is 0 Å². The van der Waals surface area contributed by atoms with E-state index in [1.807, 2.05) is 0 Å². The molecule has 48 heavy (non-hydrogen) atoms. The zero-order valence-electron chi connectivity index (χ0n) is 26.7. The lowest BCUT2D eigenvalue weighted by molar-refractivity contribution is -0.147. The van der Waals surface area contributed by atoms with Crippen molar-refractivity contribution in [3.63, 3.8) is 0 Å². The summed E-state index contributed by atoms with van der Waals surface area (Å²) < 4.78 is 50.2. The van der Waals surface area contributed by atoms with Gasteiger partial charge in [0.15, 0.2) is 35.2 Å². The van der Waals surface area contributed by atoms with Gasteiger partial charge in [-0.05, 0) is 39.8 Å². The maximum Gasteiger partial charge on any atom is 0.376 e. The highest BCUT2D eigenvalue weighted by Gasteiger charge is 2.26. The van der Waals surface area contributed by atoms with Gasteiger partial charge < -0.3 is 37.2 Å². The summed E-state index contributed by atoms with van der Waals surface area (Å²) in [5.41, 5.74) is 0.161. The van der Waals surface area contributed by atoms with Gasteiger partial charge in [-0.1, -0.05) is 0 Å². The van der Waals surface area contributed by atoms with Gasteiger partial charge >= 0.3 is 17.9 Å². The van der Waals surface area contributed by atoms with Crippen LogP contribution in [-0.2, 0) is 52.1 Å². The molecule has 0 saturated heterocycles. The van der Waals surface area contributed by atoms with Crippen LogP contribution >= 0.6 is 7.37 Å². The average molecular weight is 693 g/mol. The van der Waals surface area contributed by atoms with Crippen LogP contribution in [0.4, 0.5) is 5.69 Å². The first-order chi connectivity index (χ1) is 22.5. The number of esters is 3. The molecule has 0 N–H and O–H groups in total. The van der Waals surface area contributed by atoms with E-state index < -0.39 is 82.7 Å². The van der Waals surface area contributed by atoms with Crippen LogP contribution < -0.4 is 9.64 Å². The second-order valence-electron chi connectivity index (χ2n) is 10.6. The fraction of sp³-hybridized carbons (Fsp3) is 0.400. The maximum absolute atomic E-state index is 13.0. The van der Waals surface area contributed by atoms with E-state index >= 15 is 0 Å². The Morgan fingerprint density at radius 1 is 0.771 bits per heavy atom.